The molecule has 0 aromatic heterocycles. The molecule has 0 aromatic carbocycles. The van der Waals surface area contributed by atoms with E-state index in [4.69, 9.17) is 4.74 Å². The van der Waals surface area contributed by atoms with E-state index >= 15 is 0 Å². The lowest BCUT2D eigenvalue weighted by Crippen LogP contribution is -2.36. The number of rotatable bonds is 3. The van der Waals surface area contributed by atoms with Crippen LogP contribution in [0.3, 0.4) is 0 Å². The third-order valence-electron chi connectivity index (χ3n) is 5.22. The van der Waals surface area contributed by atoms with Crippen LogP contribution in [0, 0.1) is 16.7 Å². The Balaban J connectivity index is 2.04. The van der Waals surface area contributed by atoms with Crippen LogP contribution in [0.1, 0.15) is 46.5 Å². The summed E-state index contributed by atoms with van der Waals surface area (Å²) in [5, 5.41) is 0. The van der Waals surface area contributed by atoms with E-state index in [0.717, 1.165) is 5.92 Å². The number of ether oxygens (including phenoxy) is 1. The van der Waals surface area contributed by atoms with Gasteiger partial charge in [-0.2, -0.15) is 0 Å². The second kappa shape index (κ2) is 3.61. The molecule has 2 bridgehead atoms. The van der Waals surface area contributed by atoms with Gasteiger partial charge in [0.05, 0.1) is 6.61 Å². The van der Waals surface area contributed by atoms with Crippen molar-refractivity contribution in [2.24, 2.45) is 16.7 Å². The molecular formula is C14H22O2. The van der Waals surface area contributed by atoms with Crippen molar-refractivity contribution in [1.82, 2.24) is 0 Å². The first kappa shape index (κ1) is 11.7. The first-order valence-corrected chi connectivity index (χ1v) is 6.22. The van der Waals surface area contributed by atoms with Crippen molar-refractivity contribution in [3.8, 4) is 0 Å². The molecule has 0 spiro atoms. The third-order valence-corrected chi connectivity index (χ3v) is 5.22. The number of esters is 1. The van der Waals surface area contributed by atoms with Crippen molar-refractivity contribution in [1.29, 1.82) is 0 Å². The minimum atomic E-state index is -0.240. The standard InChI is InChI=1S/C14H22O2/c1-10(2)12(15)16-9-14(4)11-5-7-13(14,3)8-6-11/h11H,1,5-9H2,2-4H3. The average molecular weight is 222 g/mol. The van der Waals surface area contributed by atoms with Gasteiger partial charge in [-0.05, 0) is 43.9 Å². The number of hydrogen-bond donors (Lipinski definition) is 0. The minimum Gasteiger partial charge on any atom is -0.462 e. The molecule has 1 atom stereocenters. The fourth-order valence-electron chi connectivity index (χ4n) is 3.59. The summed E-state index contributed by atoms with van der Waals surface area (Å²) in [5.41, 5.74) is 1.07. The first-order valence-electron chi connectivity index (χ1n) is 6.22. The molecule has 2 nitrogen and oxygen atoms in total. The van der Waals surface area contributed by atoms with Crippen LogP contribution in [-0.4, -0.2) is 12.6 Å². The Morgan fingerprint density at radius 2 is 1.94 bits per heavy atom. The summed E-state index contributed by atoms with van der Waals surface area (Å²) in [6.45, 7) is 10.5. The van der Waals surface area contributed by atoms with Crippen molar-refractivity contribution in [3.63, 3.8) is 0 Å². The van der Waals surface area contributed by atoms with Crippen molar-refractivity contribution >= 4 is 5.97 Å². The summed E-state index contributed by atoms with van der Waals surface area (Å²) < 4.78 is 5.40. The van der Waals surface area contributed by atoms with Crippen molar-refractivity contribution in [2.75, 3.05) is 6.61 Å². The van der Waals surface area contributed by atoms with Crippen molar-refractivity contribution in [2.45, 2.75) is 46.5 Å². The van der Waals surface area contributed by atoms with Crippen LogP contribution >= 0.6 is 0 Å². The maximum atomic E-state index is 11.5. The highest BCUT2D eigenvalue weighted by Crippen LogP contribution is 2.65. The highest BCUT2D eigenvalue weighted by Gasteiger charge is 2.59. The Bertz CT molecular complexity index is 324. The maximum Gasteiger partial charge on any atom is 0.333 e. The van der Waals surface area contributed by atoms with Gasteiger partial charge < -0.3 is 4.74 Å². The fourth-order valence-corrected chi connectivity index (χ4v) is 3.59. The average Bonchev–Trinajstić information content (AvgIpc) is 2.62. The summed E-state index contributed by atoms with van der Waals surface area (Å²) in [6.07, 6.45) is 5.19. The third kappa shape index (κ3) is 1.50. The molecule has 2 aliphatic carbocycles. The highest BCUT2D eigenvalue weighted by molar-refractivity contribution is 5.86. The normalized spacial score (nSPS) is 41.1. The van der Waals surface area contributed by atoms with E-state index in [-0.39, 0.29) is 11.4 Å². The lowest BCUT2D eigenvalue weighted by Gasteiger charge is -2.37. The van der Waals surface area contributed by atoms with E-state index in [1.807, 2.05) is 0 Å². The zero-order chi connectivity index (χ0) is 12.0. The van der Waals surface area contributed by atoms with E-state index in [0.29, 0.717) is 17.6 Å². The first-order chi connectivity index (χ1) is 7.39. The Morgan fingerprint density at radius 3 is 2.31 bits per heavy atom. The van der Waals surface area contributed by atoms with E-state index in [1.165, 1.54) is 25.7 Å². The Kier molecular flexibility index (Phi) is 2.64. The zero-order valence-electron chi connectivity index (χ0n) is 10.6. The van der Waals surface area contributed by atoms with Gasteiger partial charge in [0.2, 0.25) is 0 Å². The van der Waals surface area contributed by atoms with Crippen LogP contribution in [0.5, 0.6) is 0 Å². The summed E-state index contributed by atoms with van der Waals surface area (Å²) in [7, 11) is 0. The van der Waals surface area contributed by atoms with E-state index in [1.54, 1.807) is 6.92 Å². The SMILES string of the molecule is C=C(C)C(=O)OCC1(C)C2CCC1(C)CC2. The zero-order valence-corrected chi connectivity index (χ0v) is 10.6. The minimum absolute atomic E-state index is 0.193. The molecule has 0 heterocycles. The molecule has 0 N–H and O–H groups in total. The van der Waals surface area contributed by atoms with Crippen LogP contribution in [0.25, 0.3) is 0 Å². The van der Waals surface area contributed by atoms with Gasteiger partial charge in [-0.15, -0.1) is 0 Å². The quantitative estimate of drug-likeness (QED) is 0.541. The van der Waals surface area contributed by atoms with Gasteiger partial charge in [0.1, 0.15) is 0 Å². The van der Waals surface area contributed by atoms with Gasteiger partial charge in [-0.1, -0.05) is 20.4 Å². The number of fused-ring (bicyclic) bond motifs is 2. The molecule has 0 amide bonds. The van der Waals surface area contributed by atoms with Crippen molar-refractivity contribution < 1.29 is 9.53 Å². The summed E-state index contributed by atoms with van der Waals surface area (Å²) in [5.74, 6) is 0.506. The molecule has 0 radical (unpaired) electrons. The topological polar surface area (TPSA) is 26.3 Å². The van der Waals surface area contributed by atoms with E-state index in [9.17, 15) is 4.79 Å². The number of carbonyl (C=O) groups is 1. The van der Waals surface area contributed by atoms with Gasteiger partial charge in [0.15, 0.2) is 0 Å². The summed E-state index contributed by atoms with van der Waals surface area (Å²) in [6, 6.07) is 0. The molecule has 90 valence electrons. The highest BCUT2D eigenvalue weighted by atomic mass is 16.5. The molecule has 16 heavy (non-hydrogen) atoms. The summed E-state index contributed by atoms with van der Waals surface area (Å²) >= 11 is 0. The second-order valence-corrected chi connectivity index (χ2v) is 6.11. The molecule has 0 saturated heterocycles. The molecule has 1 unspecified atom stereocenters. The molecular weight excluding hydrogens is 200 g/mol. The van der Waals surface area contributed by atoms with E-state index in [2.05, 4.69) is 20.4 Å². The van der Waals surface area contributed by atoms with Crippen LogP contribution in [0.2, 0.25) is 0 Å². The fraction of sp³-hybridized carbons (Fsp3) is 0.786. The predicted molar refractivity (Wildman–Crippen MR) is 63.9 cm³/mol. The lowest BCUT2D eigenvalue weighted by molar-refractivity contribution is -0.144. The van der Waals surface area contributed by atoms with Crippen LogP contribution in [-0.2, 0) is 9.53 Å². The number of hydrogen-bond acceptors (Lipinski definition) is 2. The Labute approximate surface area is 98.1 Å². The van der Waals surface area contributed by atoms with Gasteiger partial charge in [0.25, 0.3) is 0 Å². The molecule has 2 saturated carbocycles. The van der Waals surface area contributed by atoms with Crippen LogP contribution < -0.4 is 0 Å². The van der Waals surface area contributed by atoms with Gasteiger partial charge in [-0.25, -0.2) is 4.79 Å². The predicted octanol–water partition coefficient (Wildman–Crippen LogP) is 3.32. The monoisotopic (exact) mass is 222 g/mol. The Hall–Kier alpha value is -0.790. The van der Waals surface area contributed by atoms with Crippen LogP contribution in [0.4, 0.5) is 0 Å². The van der Waals surface area contributed by atoms with Gasteiger partial charge >= 0.3 is 5.97 Å². The summed E-state index contributed by atoms with van der Waals surface area (Å²) in [4.78, 5) is 11.5. The Morgan fingerprint density at radius 1 is 1.38 bits per heavy atom. The molecule has 2 aliphatic rings. The largest absolute Gasteiger partial charge is 0.462 e. The molecule has 2 fully saturated rings. The molecule has 2 rings (SSSR count). The molecule has 0 aromatic rings. The van der Waals surface area contributed by atoms with E-state index < -0.39 is 0 Å². The molecule has 2 heteroatoms. The van der Waals surface area contributed by atoms with Gasteiger partial charge in [0, 0.05) is 11.0 Å². The smallest absolute Gasteiger partial charge is 0.333 e. The van der Waals surface area contributed by atoms with Crippen molar-refractivity contribution in [3.05, 3.63) is 12.2 Å². The van der Waals surface area contributed by atoms with Crippen LogP contribution in [0.15, 0.2) is 12.2 Å². The second-order valence-electron chi connectivity index (χ2n) is 6.11. The number of carbonyl (C=O) groups excluding carboxylic acids is 1. The maximum absolute atomic E-state index is 11.5. The van der Waals surface area contributed by atoms with Gasteiger partial charge in [-0.3, -0.25) is 0 Å². The molecule has 0 aliphatic heterocycles. The lowest BCUT2D eigenvalue weighted by atomic mass is 9.70.